The quantitative estimate of drug-likeness (QED) is 0.806. The van der Waals surface area contributed by atoms with Crippen molar-refractivity contribution in [3.8, 4) is 11.5 Å². The molecule has 0 saturated heterocycles. The van der Waals surface area contributed by atoms with Crippen LogP contribution in [-0.4, -0.2) is 29.2 Å². The number of hydrogen-bond donors (Lipinski definition) is 1. The van der Waals surface area contributed by atoms with Gasteiger partial charge in [0.25, 0.3) is 0 Å². The fourth-order valence-electron chi connectivity index (χ4n) is 3.30. The summed E-state index contributed by atoms with van der Waals surface area (Å²) in [5.74, 6) is 1.33. The van der Waals surface area contributed by atoms with Crippen molar-refractivity contribution in [2.24, 2.45) is 0 Å². The summed E-state index contributed by atoms with van der Waals surface area (Å²) in [6, 6.07) is 11.2. The minimum Gasteiger partial charge on any atom is -0.493 e. The summed E-state index contributed by atoms with van der Waals surface area (Å²) in [6.07, 6.45) is 1.88. The lowest BCUT2D eigenvalue weighted by molar-refractivity contribution is 0.354. The zero-order chi connectivity index (χ0) is 18.9. The van der Waals surface area contributed by atoms with Crippen molar-refractivity contribution in [3.63, 3.8) is 0 Å². The van der Waals surface area contributed by atoms with E-state index in [0.29, 0.717) is 22.9 Å². The molecule has 140 valence electrons. The van der Waals surface area contributed by atoms with Crippen molar-refractivity contribution >= 4 is 10.0 Å². The molecule has 2 aromatic rings. The first-order valence-electron chi connectivity index (χ1n) is 8.61. The van der Waals surface area contributed by atoms with Crippen molar-refractivity contribution in [1.82, 2.24) is 4.72 Å². The normalized spacial score (nSPS) is 15.5. The Labute approximate surface area is 155 Å². The van der Waals surface area contributed by atoms with E-state index in [4.69, 9.17) is 9.47 Å². The standard InChI is InChI=1S/C20H25NO4S/c1-14-5-8-19(15(2)11-14)26(22,23)21-13-20(9-10-20)16-6-7-17(24-3)18(12-16)25-4/h5-8,11-12,21H,9-10,13H2,1-4H3. The Balaban J connectivity index is 1.80. The molecule has 1 aliphatic carbocycles. The van der Waals surface area contributed by atoms with Crippen LogP contribution in [0.1, 0.15) is 29.5 Å². The predicted molar refractivity (Wildman–Crippen MR) is 102 cm³/mol. The summed E-state index contributed by atoms with van der Waals surface area (Å²) in [6.45, 7) is 4.15. The highest BCUT2D eigenvalue weighted by Gasteiger charge is 2.45. The van der Waals surface area contributed by atoms with Crippen LogP contribution in [-0.2, 0) is 15.4 Å². The molecule has 0 unspecified atom stereocenters. The number of nitrogens with one attached hydrogen (secondary N) is 1. The number of aryl methyl sites for hydroxylation is 2. The summed E-state index contributed by atoms with van der Waals surface area (Å²) in [7, 11) is -0.342. The number of methoxy groups -OCH3 is 2. The van der Waals surface area contributed by atoms with Crippen LogP contribution in [0.15, 0.2) is 41.3 Å². The van der Waals surface area contributed by atoms with E-state index in [9.17, 15) is 8.42 Å². The van der Waals surface area contributed by atoms with E-state index in [1.165, 1.54) is 0 Å². The molecule has 6 heteroatoms. The minimum absolute atomic E-state index is 0.175. The summed E-state index contributed by atoms with van der Waals surface area (Å²) < 4.78 is 38.9. The highest BCUT2D eigenvalue weighted by Crippen LogP contribution is 2.49. The molecule has 3 rings (SSSR count). The molecule has 1 fully saturated rings. The van der Waals surface area contributed by atoms with E-state index < -0.39 is 10.0 Å². The van der Waals surface area contributed by atoms with E-state index in [-0.39, 0.29) is 5.41 Å². The molecule has 0 bridgehead atoms. The Morgan fingerprint density at radius 1 is 1.00 bits per heavy atom. The zero-order valence-corrected chi connectivity index (χ0v) is 16.4. The molecule has 1 aliphatic rings. The van der Waals surface area contributed by atoms with E-state index in [0.717, 1.165) is 29.5 Å². The largest absolute Gasteiger partial charge is 0.493 e. The number of sulfonamides is 1. The SMILES string of the molecule is COc1ccc(C2(CNS(=O)(=O)c3ccc(C)cc3C)CC2)cc1OC. The molecule has 1 N–H and O–H groups in total. The number of benzene rings is 2. The molecule has 0 atom stereocenters. The van der Waals surface area contributed by atoms with Gasteiger partial charge in [0.05, 0.1) is 19.1 Å². The van der Waals surface area contributed by atoms with Crippen LogP contribution in [0, 0.1) is 13.8 Å². The number of ether oxygens (including phenoxy) is 2. The summed E-state index contributed by atoms with van der Waals surface area (Å²) in [4.78, 5) is 0.339. The fraction of sp³-hybridized carbons (Fsp3) is 0.400. The van der Waals surface area contributed by atoms with Crippen LogP contribution >= 0.6 is 0 Å². The van der Waals surface area contributed by atoms with Gasteiger partial charge >= 0.3 is 0 Å². The lowest BCUT2D eigenvalue weighted by atomic mass is 9.96. The van der Waals surface area contributed by atoms with Crippen LogP contribution < -0.4 is 14.2 Å². The summed E-state index contributed by atoms with van der Waals surface area (Å²) >= 11 is 0. The maximum atomic E-state index is 12.7. The van der Waals surface area contributed by atoms with Crippen molar-refractivity contribution in [2.45, 2.75) is 37.0 Å². The Morgan fingerprint density at radius 3 is 2.27 bits per heavy atom. The third-order valence-corrected chi connectivity index (χ3v) is 6.63. The van der Waals surface area contributed by atoms with Gasteiger partial charge in [0.1, 0.15) is 0 Å². The molecule has 0 aromatic heterocycles. The molecule has 0 amide bonds. The first-order chi connectivity index (χ1) is 12.3. The smallest absolute Gasteiger partial charge is 0.240 e. The van der Waals surface area contributed by atoms with Crippen molar-refractivity contribution < 1.29 is 17.9 Å². The van der Waals surface area contributed by atoms with Crippen LogP contribution in [0.4, 0.5) is 0 Å². The first-order valence-corrected chi connectivity index (χ1v) is 10.1. The molecule has 0 aliphatic heterocycles. The molecule has 1 saturated carbocycles. The summed E-state index contributed by atoms with van der Waals surface area (Å²) in [5.41, 5.74) is 2.70. The number of rotatable bonds is 7. The van der Waals surface area contributed by atoms with Crippen LogP contribution in [0.2, 0.25) is 0 Å². The maximum absolute atomic E-state index is 12.7. The minimum atomic E-state index is -3.54. The molecule has 5 nitrogen and oxygen atoms in total. The van der Waals surface area contributed by atoms with Crippen LogP contribution in [0.3, 0.4) is 0 Å². The molecule has 0 spiro atoms. The monoisotopic (exact) mass is 375 g/mol. The molecular weight excluding hydrogens is 350 g/mol. The average Bonchev–Trinajstić information content (AvgIpc) is 3.40. The third kappa shape index (κ3) is 3.57. The second-order valence-electron chi connectivity index (χ2n) is 6.94. The molecular formula is C20H25NO4S. The van der Waals surface area contributed by atoms with Crippen LogP contribution in [0.25, 0.3) is 0 Å². The zero-order valence-electron chi connectivity index (χ0n) is 15.6. The van der Waals surface area contributed by atoms with Gasteiger partial charge < -0.3 is 9.47 Å². The van der Waals surface area contributed by atoms with Crippen molar-refractivity contribution in [2.75, 3.05) is 20.8 Å². The Morgan fingerprint density at radius 2 is 1.69 bits per heavy atom. The Kier molecular flexibility index (Phi) is 4.99. The van der Waals surface area contributed by atoms with Gasteiger partial charge in [-0.2, -0.15) is 0 Å². The number of hydrogen-bond acceptors (Lipinski definition) is 4. The lowest BCUT2D eigenvalue weighted by Crippen LogP contribution is -2.32. The first kappa shape index (κ1) is 18.7. The van der Waals surface area contributed by atoms with E-state index in [2.05, 4.69) is 4.72 Å². The second kappa shape index (κ2) is 6.93. The van der Waals surface area contributed by atoms with Gasteiger partial charge in [-0.3, -0.25) is 0 Å². The van der Waals surface area contributed by atoms with Gasteiger partial charge in [0, 0.05) is 12.0 Å². The third-order valence-electron chi connectivity index (χ3n) is 5.07. The highest BCUT2D eigenvalue weighted by molar-refractivity contribution is 7.89. The topological polar surface area (TPSA) is 64.6 Å². The van der Waals surface area contributed by atoms with E-state index >= 15 is 0 Å². The van der Waals surface area contributed by atoms with Gasteiger partial charge in [0.15, 0.2) is 11.5 Å². The van der Waals surface area contributed by atoms with Gasteiger partial charge in [-0.05, 0) is 56.0 Å². The fourth-order valence-corrected chi connectivity index (χ4v) is 4.65. The summed E-state index contributed by atoms with van der Waals surface area (Å²) in [5, 5.41) is 0. The van der Waals surface area contributed by atoms with Gasteiger partial charge in [-0.25, -0.2) is 13.1 Å². The van der Waals surface area contributed by atoms with Gasteiger partial charge in [-0.15, -0.1) is 0 Å². The molecule has 2 aromatic carbocycles. The Hall–Kier alpha value is -2.05. The van der Waals surface area contributed by atoms with Crippen molar-refractivity contribution in [3.05, 3.63) is 53.1 Å². The van der Waals surface area contributed by atoms with Gasteiger partial charge in [-0.1, -0.05) is 23.8 Å². The van der Waals surface area contributed by atoms with E-state index in [1.54, 1.807) is 20.3 Å². The molecule has 0 radical (unpaired) electrons. The second-order valence-corrected chi connectivity index (χ2v) is 8.68. The average molecular weight is 375 g/mol. The van der Waals surface area contributed by atoms with Gasteiger partial charge in [0.2, 0.25) is 10.0 Å². The van der Waals surface area contributed by atoms with Crippen LogP contribution in [0.5, 0.6) is 11.5 Å². The lowest BCUT2D eigenvalue weighted by Gasteiger charge is -2.19. The predicted octanol–water partition coefficient (Wildman–Crippen LogP) is 3.33. The molecule has 0 heterocycles. The maximum Gasteiger partial charge on any atom is 0.240 e. The van der Waals surface area contributed by atoms with E-state index in [1.807, 2.05) is 44.2 Å². The Bertz CT molecular complexity index is 917. The molecule has 26 heavy (non-hydrogen) atoms. The van der Waals surface area contributed by atoms with Crippen molar-refractivity contribution in [1.29, 1.82) is 0 Å². The highest BCUT2D eigenvalue weighted by atomic mass is 32.2.